The number of phenolic OH excluding ortho intramolecular Hbond substituents is 1. The Morgan fingerprint density at radius 1 is 1.47 bits per heavy atom. The Bertz CT molecular complexity index is 378. The van der Waals surface area contributed by atoms with Crippen molar-refractivity contribution in [2.75, 3.05) is 6.61 Å². The Labute approximate surface area is 101 Å². The van der Waals surface area contributed by atoms with Gasteiger partial charge in [0.1, 0.15) is 0 Å². The van der Waals surface area contributed by atoms with Gasteiger partial charge in [0.2, 0.25) is 0 Å². The molecule has 1 saturated carbocycles. The molecule has 0 unspecified atom stereocenters. The van der Waals surface area contributed by atoms with Gasteiger partial charge in [-0.1, -0.05) is 12.1 Å². The molecular weight excluding hydrogens is 221 g/mol. The van der Waals surface area contributed by atoms with E-state index in [-0.39, 0.29) is 5.75 Å². The number of phenols is 1. The second-order valence-corrected chi connectivity index (χ2v) is 4.37. The molecule has 0 aromatic heterocycles. The molecule has 0 atom stereocenters. The van der Waals surface area contributed by atoms with E-state index in [1.54, 1.807) is 12.1 Å². The van der Waals surface area contributed by atoms with Crippen molar-refractivity contribution < 1.29 is 14.2 Å². The molecule has 1 aliphatic rings. The molecule has 1 aromatic carbocycles. The zero-order valence-electron chi connectivity index (χ0n) is 9.95. The van der Waals surface area contributed by atoms with Gasteiger partial charge >= 0.3 is 0 Å². The molecule has 0 radical (unpaired) electrons. The molecule has 3 nitrogen and oxygen atoms in total. The summed E-state index contributed by atoms with van der Waals surface area (Å²) in [6.45, 7) is 3.24. The van der Waals surface area contributed by atoms with Gasteiger partial charge in [-0.05, 0) is 25.8 Å². The van der Waals surface area contributed by atoms with Crippen LogP contribution in [0.4, 0.5) is 4.39 Å². The van der Waals surface area contributed by atoms with Gasteiger partial charge in [0.05, 0.1) is 6.10 Å². The van der Waals surface area contributed by atoms with Crippen LogP contribution < -0.4 is 5.32 Å². The van der Waals surface area contributed by atoms with Crippen LogP contribution in [0, 0.1) is 5.82 Å². The summed E-state index contributed by atoms with van der Waals surface area (Å²) >= 11 is 0. The van der Waals surface area contributed by atoms with Crippen LogP contribution in [0.15, 0.2) is 18.2 Å². The predicted octanol–water partition coefficient (Wildman–Crippen LogP) is 2.19. The molecule has 1 aliphatic carbocycles. The highest BCUT2D eigenvalue weighted by Gasteiger charge is 2.29. The van der Waals surface area contributed by atoms with E-state index in [4.69, 9.17) is 4.74 Å². The maximum absolute atomic E-state index is 13.1. The van der Waals surface area contributed by atoms with Crippen molar-refractivity contribution in [1.82, 2.24) is 5.32 Å². The smallest absolute Gasteiger partial charge is 0.165 e. The molecule has 17 heavy (non-hydrogen) atoms. The van der Waals surface area contributed by atoms with Gasteiger partial charge in [-0.3, -0.25) is 0 Å². The fourth-order valence-electron chi connectivity index (χ4n) is 2.06. The fourth-order valence-corrected chi connectivity index (χ4v) is 2.06. The lowest BCUT2D eigenvalue weighted by Crippen LogP contribution is -2.45. The van der Waals surface area contributed by atoms with Crippen LogP contribution in [0.3, 0.4) is 0 Å². The highest BCUT2D eigenvalue weighted by Crippen LogP contribution is 2.25. The van der Waals surface area contributed by atoms with E-state index < -0.39 is 5.82 Å². The van der Waals surface area contributed by atoms with Crippen molar-refractivity contribution in [2.45, 2.75) is 38.5 Å². The van der Waals surface area contributed by atoms with E-state index in [0.717, 1.165) is 19.4 Å². The van der Waals surface area contributed by atoms with Crippen LogP contribution in [0.25, 0.3) is 0 Å². The van der Waals surface area contributed by atoms with E-state index in [1.165, 1.54) is 6.07 Å². The van der Waals surface area contributed by atoms with Crippen molar-refractivity contribution in [1.29, 1.82) is 0 Å². The first-order valence-electron chi connectivity index (χ1n) is 6.02. The number of nitrogens with one attached hydrogen (secondary N) is 1. The van der Waals surface area contributed by atoms with E-state index in [2.05, 4.69) is 5.32 Å². The summed E-state index contributed by atoms with van der Waals surface area (Å²) in [5.74, 6) is -0.814. The van der Waals surface area contributed by atoms with Crippen molar-refractivity contribution in [2.24, 2.45) is 0 Å². The molecule has 2 N–H and O–H groups in total. The average molecular weight is 239 g/mol. The van der Waals surface area contributed by atoms with Gasteiger partial charge in [-0.2, -0.15) is 0 Å². The summed E-state index contributed by atoms with van der Waals surface area (Å²) in [6, 6.07) is 5.00. The maximum Gasteiger partial charge on any atom is 0.165 e. The van der Waals surface area contributed by atoms with Crippen molar-refractivity contribution in [3.8, 4) is 5.75 Å². The Balaban J connectivity index is 1.78. The zero-order valence-corrected chi connectivity index (χ0v) is 9.95. The number of aromatic hydroxyl groups is 1. The Morgan fingerprint density at radius 3 is 2.94 bits per heavy atom. The van der Waals surface area contributed by atoms with Gasteiger partial charge in [-0.25, -0.2) is 4.39 Å². The first-order chi connectivity index (χ1) is 8.20. The monoisotopic (exact) mass is 239 g/mol. The van der Waals surface area contributed by atoms with Gasteiger partial charge < -0.3 is 15.2 Å². The fraction of sp³-hybridized carbons (Fsp3) is 0.538. The van der Waals surface area contributed by atoms with Gasteiger partial charge in [0, 0.05) is 24.8 Å². The summed E-state index contributed by atoms with van der Waals surface area (Å²) in [5.41, 5.74) is 0.602. The molecule has 1 aromatic rings. The minimum atomic E-state index is -0.565. The quantitative estimate of drug-likeness (QED) is 0.827. The van der Waals surface area contributed by atoms with Crippen molar-refractivity contribution in [3.05, 3.63) is 29.6 Å². The number of hydrogen-bond acceptors (Lipinski definition) is 3. The molecule has 94 valence electrons. The maximum atomic E-state index is 13.1. The molecule has 0 bridgehead atoms. The molecule has 0 saturated heterocycles. The molecule has 0 amide bonds. The minimum absolute atomic E-state index is 0.249. The Kier molecular flexibility index (Phi) is 3.97. The third-order valence-corrected chi connectivity index (χ3v) is 3.15. The van der Waals surface area contributed by atoms with Crippen molar-refractivity contribution in [3.63, 3.8) is 0 Å². The summed E-state index contributed by atoms with van der Waals surface area (Å²) in [5, 5.41) is 12.8. The number of hydrogen-bond donors (Lipinski definition) is 2. The van der Waals surface area contributed by atoms with Crippen LogP contribution >= 0.6 is 0 Å². The number of benzene rings is 1. The topological polar surface area (TPSA) is 41.5 Å². The van der Waals surface area contributed by atoms with Crippen LogP contribution in [0.1, 0.15) is 25.3 Å². The third kappa shape index (κ3) is 2.96. The Morgan fingerprint density at radius 2 is 2.24 bits per heavy atom. The van der Waals surface area contributed by atoms with Gasteiger partial charge in [-0.15, -0.1) is 0 Å². The second-order valence-electron chi connectivity index (χ2n) is 4.37. The largest absolute Gasteiger partial charge is 0.505 e. The van der Waals surface area contributed by atoms with Crippen LogP contribution in [0.5, 0.6) is 5.75 Å². The van der Waals surface area contributed by atoms with Crippen molar-refractivity contribution >= 4 is 0 Å². The molecule has 0 aliphatic heterocycles. The highest BCUT2D eigenvalue weighted by molar-refractivity contribution is 5.33. The van der Waals surface area contributed by atoms with Gasteiger partial charge in [0.25, 0.3) is 0 Å². The SMILES string of the molecule is CCOC1CC(NCc2cccc(F)c2O)C1. The lowest BCUT2D eigenvalue weighted by molar-refractivity contribution is -0.0102. The second kappa shape index (κ2) is 5.47. The number of rotatable bonds is 5. The molecule has 1 fully saturated rings. The summed E-state index contributed by atoms with van der Waals surface area (Å²) in [4.78, 5) is 0. The summed E-state index contributed by atoms with van der Waals surface area (Å²) in [6.07, 6.45) is 2.34. The lowest BCUT2D eigenvalue weighted by Gasteiger charge is -2.35. The Hall–Kier alpha value is -1.13. The number of ether oxygens (including phenoxy) is 1. The van der Waals surface area contributed by atoms with E-state index >= 15 is 0 Å². The van der Waals surface area contributed by atoms with E-state index in [9.17, 15) is 9.50 Å². The predicted molar refractivity (Wildman–Crippen MR) is 63.3 cm³/mol. The average Bonchev–Trinajstić information content (AvgIpc) is 2.26. The molecular formula is C13H18FNO2. The van der Waals surface area contributed by atoms with Crippen LogP contribution in [-0.4, -0.2) is 23.9 Å². The van der Waals surface area contributed by atoms with Crippen LogP contribution in [-0.2, 0) is 11.3 Å². The van der Waals surface area contributed by atoms with Crippen LogP contribution in [0.2, 0.25) is 0 Å². The van der Waals surface area contributed by atoms with Gasteiger partial charge in [0.15, 0.2) is 11.6 Å². The number of para-hydroxylation sites is 1. The summed E-state index contributed by atoms with van der Waals surface area (Å²) < 4.78 is 18.5. The molecule has 0 spiro atoms. The highest BCUT2D eigenvalue weighted by atomic mass is 19.1. The minimum Gasteiger partial charge on any atom is -0.505 e. The van der Waals surface area contributed by atoms with E-state index in [1.807, 2.05) is 6.92 Å². The standard InChI is InChI=1S/C13H18FNO2/c1-2-17-11-6-10(7-11)15-8-9-4-3-5-12(14)13(9)16/h3-5,10-11,15-16H,2,6-8H2,1H3. The third-order valence-electron chi connectivity index (χ3n) is 3.15. The summed E-state index contributed by atoms with van der Waals surface area (Å²) in [7, 11) is 0. The zero-order chi connectivity index (χ0) is 12.3. The first kappa shape index (κ1) is 12.3. The molecule has 2 rings (SSSR count). The first-order valence-corrected chi connectivity index (χ1v) is 6.02. The molecule has 0 heterocycles. The lowest BCUT2D eigenvalue weighted by atomic mass is 9.89. The molecule has 4 heteroatoms. The normalized spacial score (nSPS) is 23.4. The number of halogens is 1. The van der Waals surface area contributed by atoms with E-state index in [0.29, 0.717) is 24.3 Å².